The maximum absolute atomic E-state index is 12.9. The lowest BCUT2D eigenvalue weighted by Gasteiger charge is -2.33. The second-order valence-corrected chi connectivity index (χ2v) is 10.5. The molecule has 1 N–H and O–H groups in total. The molecule has 7 heteroatoms. The van der Waals surface area contributed by atoms with Gasteiger partial charge in [0.1, 0.15) is 4.90 Å². The molecule has 0 spiro atoms. The van der Waals surface area contributed by atoms with Crippen molar-refractivity contribution in [3.8, 4) is 0 Å². The van der Waals surface area contributed by atoms with Crippen LogP contribution in [0.1, 0.15) is 44.7 Å². The van der Waals surface area contributed by atoms with E-state index in [2.05, 4.69) is 30.5 Å². The van der Waals surface area contributed by atoms with Crippen molar-refractivity contribution in [1.82, 2.24) is 4.90 Å². The van der Waals surface area contributed by atoms with E-state index in [1.807, 2.05) is 35.2 Å². The van der Waals surface area contributed by atoms with E-state index >= 15 is 0 Å². The molecule has 2 aromatic rings. The van der Waals surface area contributed by atoms with Crippen LogP contribution in [-0.4, -0.2) is 38.2 Å². The number of hydrogen-bond donors (Lipinski definition) is 1. The second kappa shape index (κ2) is 7.54. The van der Waals surface area contributed by atoms with Crippen molar-refractivity contribution in [3.05, 3.63) is 59.7 Å². The molecule has 30 heavy (non-hydrogen) atoms. The zero-order valence-electron chi connectivity index (χ0n) is 17.6. The Balaban J connectivity index is 1.45. The summed E-state index contributed by atoms with van der Waals surface area (Å²) < 4.78 is 28.6. The lowest BCUT2D eigenvalue weighted by molar-refractivity contribution is -0.121. The Labute approximate surface area is 178 Å². The summed E-state index contributed by atoms with van der Waals surface area (Å²) >= 11 is 0. The summed E-state index contributed by atoms with van der Waals surface area (Å²) in [6.45, 7) is 7.59. The molecule has 158 valence electrons. The molecule has 1 fully saturated rings. The van der Waals surface area contributed by atoms with Crippen LogP contribution in [0.3, 0.4) is 0 Å². The molecule has 0 aromatic heterocycles. The maximum atomic E-state index is 12.9. The number of carbonyl (C=O) groups excluding carboxylic acids is 1. The Bertz CT molecular complexity index is 1110. The third-order valence-electron chi connectivity index (χ3n) is 5.77. The number of likely N-dealkylation sites (tertiary alicyclic amines) is 1. The first-order valence-electron chi connectivity index (χ1n) is 10.3. The van der Waals surface area contributed by atoms with Crippen molar-refractivity contribution in [2.45, 2.75) is 43.9 Å². The first-order chi connectivity index (χ1) is 14.2. The third-order valence-corrected chi connectivity index (χ3v) is 7.10. The third kappa shape index (κ3) is 3.86. The summed E-state index contributed by atoms with van der Waals surface area (Å²) in [4.78, 5) is 15.2. The van der Waals surface area contributed by atoms with Crippen LogP contribution in [0.4, 0.5) is 5.69 Å². The van der Waals surface area contributed by atoms with Crippen molar-refractivity contribution in [1.29, 1.82) is 0 Å². The molecule has 1 amide bonds. The van der Waals surface area contributed by atoms with Crippen LogP contribution >= 0.6 is 0 Å². The average molecular weight is 426 g/mol. The number of nitrogens with one attached hydrogen (secondary N) is 1. The molecule has 4 rings (SSSR count). The lowest BCUT2D eigenvalue weighted by atomic mass is 9.85. The minimum Gasteiger partial charge on any atom is -0.355 e. The molecule has 2 aliphatic heterocycles. The van der Waals surface area contributed by atoms with Crippen LogP contribution in [0.5, 0.6) is 0 Å². The molecule has 0 bridgehead atoms. The maximum Gasteiger partial charge on any atom is 0.285 e. The summed E-state index contributed by atoms with van der Waals surface area (Å²) in [6.07, 6.45) is 1.31. The molecule has 0 unspecified atom stereocenters. The van der Waals surface area contributed by atoms with Gasteiger partial charge in [0.05, 0.1) is 0 Å². The van der Waals surface area contributed by atoms with Gasteiger partial charge in [0.2, 0.25) is 5.91 Å². The van der Waals surface area contributed by atoms with E-state index in [1.165, 1.54) is 0 Å². The lowest BCUT2D eigenvalue weighted by Crippen LogP contribution is -2.41. The van der Waals surface area contributed by atoms with E-state index in [-0.39, 0.29) is 22.1 Å². The summed E-state index contributed by atoms with van der Waals surface area (Å²) in [5.41, 5.74) is 2.56. The van der Waals surface area contributed by atoms with Crippen LogP contribution in [-0.2, 0) is 20.2 Å². The molecule has 0 radical (unpaired) electrons. The Morgan fingerprint density at radius 1 is 1.03 bits per heavy atom. The number of nitrogens with zero attached hydrogens (tertiary/aromatic N) is 2. The zero-order chi connectivity index (χ0) is 21.5. The first kappa shape index (κ1) is 20.6. The van der Waals surface area contributed by atoms with E-state index < -0.39 is 10.0 Å². The van der Waals surface area contributed by atoms with Crippen molar-refractivity contribution in [2.24, 2.45) is 10.3 Å². The summed E-state index contributed by atoms with van der Waals surface area (Å²) in [6, 6.07) is 14.8. The molecule has 2 aliphatic rings. The summed E-state index contributed by atoms with van der Waals surface area (Å²) in [5.74, 6) is 0.415. The number of amides is 1. The number of amidine groups is 1. The van der Waals surface area contributed by atoms with Gasteiger partial charge in [-0.05, 0) is 42.0 Å². The normalized spacial score (nSPS) is 18.6. The van der Waals surface area contributed by atoms with Gasteiger partial charge in [0.15, 0.2) is 5.84 Å². The molecule has 2 heterocycles. The number of piperidine rings is 1. The molecule has 1 saturated heterocycles. The number of para-hydroxylation sites is 1. The number of benzene rings is 2. The zero-order valence-corrected chi connectivity index (χ0v) is 18.4. The van der Waals surface area contributed by atoms with E-state index in [1.54, 1.807) is 18.2 Å². The molecule has 6 nitrogen and oxygen atoms in total. The van der Waals surface area contributed by atoms with Gasteiger partial charge >= 0.3 is 0 Å². The molecule has 0 aliphatic carbocycles. The number of rotatable bonds is 2. The van der Waals surface area contributed by atoms with Gasteiger partial charge < -0.3 is 10.2 Å². The Morgan fingerprint density at radius 3 is 2.37 bits per heavy atom. The van der Waals surface area contributed by atoms with Gasteiger partial charge in [-0.25, -0.2) is 0 Å². The van der Waals surface area contributed by atoms with Crippen LogP contribution in [0.2, 0.25) is 0 Å². The number of hydrogen-bond acceptors (Lipinski definition) is 4. The fraction of sp³-hybridized carbons (Fsp3) is 0.391. The Hall–Kier alpha value is -2.67. The monoisotopic (exact) mass is 425 g/mol. The fourth-order valence-corrected chi connectivity index (χ4v) is 5.38. The average Bonchev–Trinajstić information content (AvgIpc) is 2.99. The fourth-order valence-electron chi connectivity index (χ4n) is 4.15. The Kier molecular flexibility index (Phi) is 5.18. The van der Waals surface area contributed by atoms with Gasteiger partial charge in [0.25, 0.3) is 10.0 Å². The molecule has 0 saturated carbocycles. The van der Waals surface area contributed by atoms with Crippen molar-refractivity contribution in [2.75, 3.05) is 18.4 Å². The van der Waals surface area contributed by atoms with Crippen LogP contribution in [0.15, 0.2) is 57.8 Å². The number of sulfonamides is 1. The predicted octanol–water partition coefficient (Wildman–Crippen LogP) is 3.78. The highest BCUT2D eigenvalue weighted by Crippen LogP contribution is 2.32. The van der Waals surface area contributed by atoms with E-state index in [4.69, 9.17) is 0 Å². The van der Waals surface area contributed by atoms with E-state index in [0.717, 1.165) is 11.3 Å². The van der Waals surface area contributed by atoms with Crippen LogP contribution in [0.25, 0.3) is 0 Å². The van der Waals surface area contributed by atoms with Gasteiger partial charge in [0, 0.05) is 30.3 Å². The summed E-state index contributed by atoms with van der Waals surface area (Å²) in [5, 5.41) is 3.12. The molecular weight excluding hydrogens is 398 g/mol. The predicted molar refractivity (Wildman–Crippen MR) is 118 cm³/mol. The molecule has 2 aromatic carbocycles. The quantitative estimate of drug-likeness (QED) is 0.794. The van der Waals surface area contributed by atoms with Crippen molar-refractivity contribution >= 4 is 27.5 Å². The van der Waals surface area contributed by atoms with Crippen molar-refractivity contribution < 1.29 is 13.2 Å². The van der Waals surface area contributed by atoms with Gasteiger partial charge in [-0.15, -0.1) is 4.40 Å². The number of anilines is 1. The highest BCUT2D eigenvalue weighted by molar-refractivity contribution is 7.90. The smallest absolute Gasteiger partial charge is 0.285 e. The van der Waals surface area contributed by atoms with Gasteiger partial charge in [-0.1, -0.05) is 51.1 Å². The largest absolute Gasteiger partial charge is 0.355 e. The van der Waals surface area contributed by atoms with Gasteiger partial charge in [-0.3, -0.25) is 4.79 Å². The highest BCUT2D eigenvalue weighted by Gasteiger charge is 2.34. The van der Waals surface area contributed by atoms with E-state index in [9.17, 15) is 13.2 Å². The van der Waals surface area contributed by atoms with Crippen molar-refractivity contribution in [3.63, 3.8) is 0 Å². The minimum absolute atomic E-state index is 0.0210. The number of fused-ring (bicyclic) bond motifs is 1. The number of carbonyl (C=O) groups is 1. The molecule has 0 atom stereocenters. The summed E-state index contributed by atoms with van der Waals surface area (Å²) in [7, 11) is -3.63. The molecular formula is C23H27N3O3S. The van der Waals surface area contributed by atoms with Crippen LogP contribution < -0.4 is 5.32 Å². The highest BCUT2D eigenvalue weighted by atomic mass is 32.2. The topological polar surface area (TPSA) is 78.8 Å². The van der Waals surface area contributed by atoms with Gasteiger partial charge in [-0.2, -0.15) is 8.42 Å². The standard InChI is InChI=1S/C23H27N3O3S/c1-23(2,3)18-9-5-6-10-19(18)24-22(27)16-12-14-26(15-13-16)21-17-8-4-7-11-20(17)30(28,29)25-21/h4-11,16H,12-15H2,1-3H3,(H,24,27). The minimum atomic E-state index is -3.63. The Morgan fingerprint density at radius 2 is 1.67 bits per heavy atom. The second-order valence-electron chi connectivity index (χ2n) is 8.93. The van der Waals surface area contributed by atoms with E-state index in [0.29, 0.717) is 37.3 Å². The van der Waals surface area contributed by atoms with Crippen LogP contribution in [0, 0.1) is 5.92 Å². The first-order valence-corrected chi connectivity index (χ1v) is 11.7. The SMILES string of the molecule is CC(C)(C)c1ccccc1NC(=O)C1CCN(C2=NS(=O)(=O)c3ccccc32)CC1.